The molecule has 3 N–H and O–H groups in total. The van der Waals surface area contributed by atoms with Crippen LogP contribution in [0.25, 0.3) is 0 Å². The summed E-state index contributed by atoms with van der Waals surface area (Å²) in [6, 6.07) is 2.40. The van der Waals surface area contributed by atoms with Gasteiger partial charge in [-0.2, -0.15) is 0 Å². The first-order valence-electron chi connectivity index (χ1n) is 11.2. The number of fused-ring (bicyclic) bond motifs is 1. The van der Waals surface area contributed by atoms with Crippen LogP contribution in [0.5, 0.6) is 11.5 Å². The molecule has 35 heavy (non-hydrogen) atoms. The van der Waals surface area contributed by atoms with E-state index in [1.807, 2.05) is 18.6 Å². The molecule has 1 atom stereocenters. The largest absolute Gasteiger partial charge is 0.493 e. The number of hydrogen-bond donors (Lipinski definition) is 3. The Balaban J connectivity index is 1.83. The smallest absolute Gasteiger partial charge is 0.324 e. The molecule has 192 valence electrons. The number of nitrogens with zero attached hydrogens (tertiary/aromatic N) is 1. The average Bonchev–Trinajstić information content (AvgIpc) is 3.09. The van der Waals surface area contributed by atoms with Crippen molar-refractivity contribution in [1.29, 1.82) is 0 Å². The van der Waals surface area contributed by atoms with Gasteiger partial charge in [-0.1, -0.05) is 6.92 Å². The molecule has 1 aromatic rings. The number of carbonyl (C=O) groups is 3. The summed E-state index contributed by atoms with van der Waals surface area (Å²) in [5.74, 6) is -0.0641. The highest BCUT2D eigenvalue weighted by Gasteiger charge is 2.33. The second-order valence-electron chi connectivity index (χ2n) is 7.99. The van der Waals surface area contributed by atoms with Gasteiger partial charge in [0.1, 0.15) is 16.4 Å². The van der Waals surface area contributed by atoms with Gasteiger partial charge in [0.2, 0.25) is 0 Å². The quantitative estimate of drug-likeness (QED) is 0.435. The Bertz CT molecular complexity index is 1150. The van der Waals surface area contributed by atoms with Crippen molar-refractivity contribution in [3.63, 3.8) is 0 Å². The number of sulfonamides is 1. The number of nitrogens with one attached hydrogen (secondary N) is 3. The minimum absolute atomic E-state index is 0.0574. The second kappa shape index (κ2) is 11.3. The van der Waals surface area contributed by atoms with Gasteiger partial charge in [-0.05, 0) is 45.4 Å². The van der Waals surface area contributed by atoms with E-state index in [0.29, 0.717) is 48.3 Å². The zero-order valence-electron chi connectivity index (χ0n) is 20.1. The first-order valence-corrected chi connectivity index (χ1v) is 13.5. The molecule has 0 spiro atoms. The molecule has 0 saturated heterocycles. The van der Waals surface area contributed by atoms with Crippen molar-refractivity contribution < 1.29 is 32.3 Å². The maximum atomic E-state index is 13.0. The van der Waals surface area contributed by atoms with Crippen molar-refractivity contribution in [2.75, 3.05) is 33.4 Å². The molecule has 3 rings (SSSR count). The number of hydrogen-bond acceptors (Lipinski definition) is 9. The van der Waals surface area contributed by atoms with Crippen LogP contribution in [0, 0.1) is 0 Å². The van der Waals surface area contributed by atoms with Crippen molar-refractivity contribution in [3.05, 3.63) is 28.8 Å². The molecule has 0 aromatic heterocycles. The van der Waals surface area contributed by atoms with Crippen LogP contribution in [0.3, 0.4) is 0 Å². The molecule has 0 radical (unpaired) electrons. The molecule has 1 aromatic carbocycles. The summed E-state index contributed by atoms with van der Waals surface area (Å²) in [4.78, 5) is 38.1. The number of benzene rings is 1. The molecule has 0 fully saturated rings. The number of amides is 4. The van der Waals surface area contributed by atoms with Crippen molar-refractivity contribution >= 4 is 39.1 Å². The van der Waals surface area contributed by atoms with Gasteiger partial charge in [-0.3, -0.25) is 19.2 Å². The number of rotatable bonds is 8. The number of urea groups is 1. The van der Waals surface area contributed by atoms with E-state index in [0.717, 1.165) is 5.57 Å². The zero-order valence-corrected chi connectivity index (χ0v) is 21.7. The molecule has 11 nitrogen and oxygen atoms in total. The van der Waals surface area contributed by atoms with Gasteiger partial charge in [0.05, 0.1) is 19.8 Å². The molecule has 13 heteroatoms. The van der Waals surface area contributed by atoms with Crippen LogP contribution >= 0.6 is 11.9 Å². The molecule has 0 bridgehead atoms. The SMILES string of the molecule is CCOc1cc2c(cc1S(=O)(=O)NC(=O)SNC)C(CNC(=O)N1CC(C)=C(CC)C1=O)CCO2. The van der Waals surface area contributed by atoms with E-state index < -0.39 is 21.3 Å². The van der Waals surface area contributed by atoms with Crippen molar-refractivity contribution in [1.82, 2.24) is 19.7 Å². The van der Waals surface area contributed by atoms with Crippen molar-refractivity contribution in [2.24, 2.45) is 0 Å². The highest BCUT2D eigenvalue weighted by atomic mass is 32.2. The van der Waals surface area contributed by atoms with Crippen LogP contribution in [0.2, 0.25) is 0 Å². The van der Waals surface area contributed by atoms with E-state index in [-0.39, 0.29) is 42.2 Å². The zero-order chi connectivity index (χ0) is 25.8. The van der Waals surface area contributed by atoms with Crippen LogP contribution in [0.4, 0.5) is 9.59 Å². The first-order chi connectivity index (χ1) is 16.6. The molecule has 1 unspecified atom stereocenters. The van der Waals surface area contributed by atoms with Crippen LogP contribution in [0.15, 0.2) is 28.2 Å². The lowest BCUT2D eigenvalue weighted by Crippen LogP contribution is -2.43. The molecule has 0 saturated carbocycles. The summed E-state index contributed by atoms with van der Waals surface area (Å²) in [6.45, 7) is 6.42. The van der Waals surface area contributed by atoms with Gasteiger partial charge in [-0.15, -0.1) is 0 Å². The summed E-state index contributed by atoms with van der Waals surface area (Å²) < 4.78 is 41.7. The third-order valence-corrected chi connectivity index (χ3v) is 7.73. The Kier molecular flexibility index (Phi) is 8.67. The highest BCUT2D eigenvalue weighted by molar-refractivity contribution is 8.13. The number of ether oxygens (including phenoxy) is 2. The Morgan fingerprint density at radius 2 is 2.03 bits per heavy atom. The normalized spacial score (nSPS) is 17.7. The number of carbonyl (C=O) groups excluding carboxylic acids is 3. The lowest BCUT2D eigenvalue weighted by molar-refractivity contribution is -0.123. The van der Waals surface area contributed by atoms with E-state index in [2.05, 4.69) is 10.0 Å². The fourth-order valence-electron chi connectivity index (χ4n) is 4.11. The van der Waals surface area contributed by atoms with Crippen LogP contribution in [-0.2, 0) is 14.8 Å². The first kappa shape index (κ1) is 26.8. The van der Waals surface area contributed by atoms with E-state index >= 15 is 0 Å². The minimum atomic E-state index is -4.25. The summed E-state index contributed by atoms with van der Waals surface area (Å²) in [5.41, 5.74) is 2.08. The van der Waals surface area contributed by atoms with Gasteiger partial charge < -0.3 is 14.8 Å². The van der Waals surface area contributed by atoms with Gasteiger partial charge in [-0.25, -0.2) is 17.9 Å². The lowest BCUT2D eigenvalue weighted by atomic mass is 9.93. The fraction of sp³-hybridized carbons (Fsp3) is 0.500. The predicted octanol–water partition coefficient (Wildman–Crippen LogP) is 2.50. The van der Waals surface area contributed by atoms with Crippen molar-refractivity contribution in [3.8, 4) is 11.5 Å². The Labute approximate surface area is 209 Å². The standard InChI is InChI=1S/C22H30N4O7S2/c1-5-15-13(3)12-26(20(15)27)21(28)24-11-14-7-8-33-17-10-18(32-6-2)19(9-16(14)17)35(30,31)25-22(29)34-23-4/h9-10,14,23H,5-8,11-12H2,1-4H3,(H,24,28)(H,25,29). The monoisotopic (exact) mass is 526 g/mol. The Hall–Kier alpha value is -2.77. The molecule has 0 aliphatic carbocycles. The van der Waals surface area contributed by atoms with Crippen LogP contribution < -0.4 is 24.2 Å². The van der Waals surface area contributed by atoms with Crippen molar-refractivity contribution in [2.45, 2.75) is 44.4 Å². The maximum Gasteiger partial charge on any atom is 0.324 e. The summed E-state index contributed by atoms with van der Waals surface area (Å²) in [7, 11) is -2.75. The van der Waals surface area contributed by atoms with E-state index in [1.165, 1.54) is 24.1 Å². The molecular formula is C22H30N4O7S2. The van der Waals surface area contributed by atoms with Gasteiger partial charge in [0.15, 0.2) is 0 Å². The molecule has 2 heterocycles. The maximum absolute atomic E-state index is 13.0. The minimum Gasteiger partial charge on any atom is -0.493 e. The summed E-state index contributed by atoms with van der Waals surface area (Å²) in [5, 5.41) is 2.01. The third kappa shape index (κ3) is 5.90. The van der Waals surface area contributed by atoms with Gasteiger partial charge >= 0.3 is 11.3 Å². The third-order valence-electron chi connectivity index (χ3n) is 5.75. The van der Waals surface area contributed by atoms with Gasteiger partial charge in [0.25, 0.3) is 15.9 Å². The Morgan fingerprint density at radius 1 is 1.29 bits per heavy atom. The molecular weight excluding hydrogens is 496 g/mol. The lowest BCUT2D eigenvalue weighted by Gasteiger charge is -2.28. The summed E-state index contributed by atoms with van der Waals surface area (Å²) >= 11 is 0.599. The summed E-state index contributed by atoms with van der Waals surface area (Å²) in [6.07, 6.45) is 1.08. The fourth-order valence-corrected chi connectivity index (χ4v) is 5.78. The highest BCUT2D eigenvalue weighted by Crippen LogP contribution is 2.40. The topological polar surface area (TPSA) is 143 Å². The number of imide groups is 1. The van der Waals surface area contributed by atoms with E-state index in [9.17, 15) is 22.8 Å². The van der Waals surface area contributed by atoms with Gasteiger partial charge in [0, 0.05) is 41.6 Å². The molecule has 2 aliphatic heterocycles. The van der Waals surface area contributed by atoms with Crippen LogP contribution in [-0.4, -0.2) is 63.8 Å². The van der Waals surface area contributed by atoms with Crippen LogP contribution in [0.1, 0.15) is 45.1 Å². The van der Waals surface area contributed by atoms with E-state index in [1.54, 1.807) is 6.92 Å². The molecule has 2 aliphatic rings. The molecule has 4 amide bonds. The van der Waals surface area contributed by atoms with E-state index in [4.69, 9.17) is 9.47 Å². The Morgan fingerprint density at radius 3 is 2.66 bits per heavy atom. The second-order valence-corrected chi connectivity index (χ2v) is 10.6. The average molecular weight is 527 g/mol. The predicted molar refractivity (Wildman–Crippen MR) is 131 cm³/mol.